The monoisotopic (exact) mass is 206 g/mol. The molecular formula is C7H5F3N2S. The van der Waals surface area contributed by atoms with E-state index < -0.39 is 11.7 Å². The summed E-state index contributed by atoms with van der Waals surface area (Å²) in [6.07, 6.45) is -2.21. The van der Waals surface area contributed by atoms with Crippen LogP contribution in [0.5, 0.6) is 0 Å². The van der Waals surface area contributed by atoms with Gasteiger partial charge in [0.05, 0.1) is 11.9 Å². The maximum atomic E-state index is 12.1. The lowest BCUT2D eigenvalue weighted by molar-refractivity contribution is -0.0687. The van der Waals surface area contributed by atoms with E-state index in [0.29, 0.717) is 0 Å². The lowest BCUT2D eigenvalue weighted by Gasteiger charge is -2.08. The molecule has 1 heterocycles. The molecule has 0 radical (unpaired) electrons. The number of hydrogen-bond donors (Lipinski definition) is 1. The second-order valence-electron chi connectivity index (χ2n) is 2.27. The van der Waals surface area contributed by atoms with Crippen LogP contribution < -0.4 is 0 Å². The molecule has 0 aliphatic rings. The van der Waals surface area contributed by atoms with Crippen molar-refractivity contribution in [2.75, 3.05) is 0 Å². The van der Waals surface area contributed by atoms with E-state index in [1.54, 1.807) is 0 Å². The van der Waals surface area contributed by atoms with E-state index in [0.717, 1.165) is 6.20 Å². The Hall–Kier alpha value is -1.17. The van der Waals surface area contributed by atoms with Gasteiger partial charge in [-0.1, -0.05) is 18.8 Å². The van der Waals surface area contributed by atoms with Crippen LogP contribution >= 0.6 is 12.2 Å². The van der Waals surface area contributed by atoms with Crippen molar-refractivity contribution in [2.45, 2.75) is 6.18 Å². The summed E-state index contributed by atoms with van der Waals surface area (Å²) in [4.78, 5) is 5.89. The van der Waals surface area contributed by atoms with Crippen molar-refractivity contribution in [2.24, 2.45) is 0 Å². The van der Waals surface area contributed by atoms with Crippen molar-refractivity contribution >= 4 is 17.8 Å². The number of halogens is 3. The number of nitrogens with one attached hydrogen (secondary N) is 1. The first kappa shape index (κ1) is 9.91. The van der Waals surface area contributed by atoms with Crippen LogP contribution in [0.1, 0.15) is 5.56 Å². The minimum absolute atomic E-state index is 0.0164. The first-order valence-electron chi connectivity index (χ1n) is 3.22. The summed E-state index contributed by atoms with van der Waals surface area (Å²) >= 11 is 4.64. The van der Waals surface area contributed by atoms with E-state index >= 15 is 0 Å². The van der Waals surface area contributed by atoms with Gasteiger partial charge in [-0.15, -0.1) is 0 Å². The molecule has 0 saturated carbocycles. The summed E-state index contributed by atoms with van der Waals surface area (Å²) in [6.45, 7) is 2.91. The zero-order valence-corrected chi connectivity index (χ0v) is 7.17. The van der Waals surface area contributed by atoms with Gasteiger partial charge in [-0.05, 0) is 0 Å². The number of aromatic amines is 1. The number of nitrogens with zero attached hydrogens (tertiary/aromatic N) is 1. The molecule has 70 valence electrons. The molecule has 13 heavy (non-hydrogen) atoms. The van der Waals surface area contributed by atoms with Crippen LogP contribution in [0.2, 0.25) is 0 Å². The summed E-state index contributed by atoms with van der Waals surface area (Å²) in [7, 11) is 0. The third-order valence-electron chi connectivity index (χ3n) is 1.39. The second kappa shape index (κ2) is 3.29. The highest BCUT2D eigenvalue weighted by atomic mass is 32.1. The fourth-order valence-corrected chi connectivity index (χ4v) is 0.940. The molecule has 1 rings (SSSR count). The van der Waals surface area contributed by atoms with Gasteiger partial charge in [0.1, 0.15) is 4.64 Å². The van der Waals surface area contributed by atoms with Gasteiger partial charge in [0.2, 0.25) is 0 Å². The van der Waals surface area contributed by atoms with E-state index in [4.69, 9.17) is 0 Å². The van der Waals surface area contributed by atoms with Gasteiger partial charge in [-0.25, -0.2) is 4.98 Å². The Bertz CT molecular complexity index is 380. The Labute approximate surface area is 77.1 Å². The minimum atomic E-state index is -4.47. The van der Waals surface area contributed by atoms with Crippen molar-refractivity contribution in [3.05, 3.63) is 29.3 Å². The number of allylic oxidation sites excluding steroid dienone is 1. The van der Waals surface area contributed by atoms with Crippen molar-refractivity contribution in [1.82, 2.24) is 9.97 Å². The van der Waals surface area contributed by atoms with Crippen molar-refractivity contribution in [1.29, 1.82) is 0 Å². The van der Waals surface area contributed by atoms with Crippen LogP contribution in [0.3, 0.4) is 0 Å². The molecule has 1 aromatic rings. The fourth-order valence-electron chi connectivity index (χ4n) is 0.712. The first-order chi connectivity index (χ1) is 5.93. The molecule has 1 aromatic heterocycles. The van der Waals surface area contributed by atoms with Gasteiger partial charge < -0.3 is 4.98 Å². The molecule has 0 fully saturated rings. The Morgan fingerprint density at radius 1 is 1.54 bits per heavy atom. The third kappa shape index (κ3) is 2.15. The number of rotatable bonds is 1. The van der Waals surface area contributed by atoms with Crippen LogP contribution in [0.25, 0.3) is 5.57 Å². The molecule has 6 heteroatoms. The van der Waals surface area contributed by atoms with Gasteiger partial charge in [-0.3, -0.25) is 0 Å². The van der Waals surface area contributed by atoms with E-state index in [9.17, 15) is 13.2 Å². The van der Waals surface area contributed by atoms with Crippen LogP contribution in [-0.2, 0) is 0 Å². The molecule has 1 N–H and O–H groups in total. The average molecular weight is 206 g/mol. The zero-order valence-electron chi connectivity index (χ0n) is 6.35. The van der Waals surface area contributed by atoms with Gasteiger partial charge in [-0.2, -0.15) is 13.2 Å². The van der Waals surface area contributed by atoms with Crippen molar-refractivity contribution < 1.29 is 13.2 Å². The van der Waals surface area contributed by atoms with E-state index in [2.05, 4.69) is 28.8 Å². The summed E-state index contributed by atoms with van der Waals surface area (Å²) in [5, 5.41) is 0. The van der Waals surface area contributed by atoms with E-state index in [1.807, 2.05) is 0 Å². The molecule has 0 unspecified atom stereocenters. The number of H-pyrrole nitrogens is 1. The molecule has 0 aliphatic carbocycles. The Kier molecular flexibility index (Phi) is 2.51. The van der Waals surface area contributed by atoms with Crippen LogP contribution in [0.4, 0.5) is 13.2 Å². The molecule has 0 aromatic carbocycles. The summed E-state index contributed by atoms with van der Waals surface area (Å²) in [5.41, 5.74) is -1.17. The summed E-state index contributed by atoms with van der Waals surface area (Å²) < 4.78 is 36.4. The maximum Gasteiger partial charge on any atom is 0.416 e. The third-order valence-corrected chi connectivity index (χ3v) is 1.72. The van der Waals surface area contributed by atoms with Crippen LogP contribution in [-0.4, -0.2) is 16.1 Å². The highest BCUT2D eigenvalue weighted by molar-refractivity contribution is 7.71. The molecule has 0 aliphatic heterocycles. The molecule has 0 bridgehead atoms. The van der Waals surface area contributed by atoms with Crippen LogP contribution in [0, 0.1) is 4.64 Å². The van der Waals surface area contributed by atoms with E-state index in [1.165, 1.54) is 6.33 Å². The maximum absolute atomic E-state index is 12.1. The largest absolute Gasteiger partial charge is 0.416 e. The summed E-state index contributed by atoms with van der Waals surface area (Å²) in [5.74, 6) is 0. The normalized spacial score (nSPS) is 11.3. The minimum Gasteiger partial charge on any atom is -0.337 e. The molecule has 0 spiro atoms. The standard InChI is InChI=1S/C7H5F3N2S/c1-4(7(8,9)10)5-2-11-3-12-6(5)13/h2-3H,1H2,(H,11,12,13). The highest BCUT2D eigenvalue weighted by Gasteiger charge is 2.33. The quantitative estimate of drug-likeness (QED) is 0.715. The Morgan fingerprint density at radius 3 is 2.62 bits per heavy atom. The predicted molar refractivity (Wildman–Crippen MR) is 44.5 cm³/mol. The topological polar surface area (TPSA) is 28.7 Å². The second-order valence-corrected chi connectivity index (χ2v) is 2.68. The van der Waals surface area contributed by atoms with E-state index in [-0.39, 0.29) is 10.2 Å². The van der Waals surface area contributed by atoms with Gasteiger partial charge in [0, 0.05) is 11.8 Å². The zero-order chi connectivity index (χ0) is 10.1. The Morgan fingerprint density at radius 2 is 2.15 bits per heavy atom. The smallest absolute Gasteiger partial charge is 0.337 e. The average Bonchev–Trinajstić information content (AvgIpc) is 2.02. The number of hydrogen-bond acceptors (Lipinski definition) is 2. The predicted octanol–water partition coefficient (Wildman–Crippen LogP) is 2.71. The Balaban J connectivity index is 3.18. The fraction of sp³-hybridized carbons (Fsp3) is 0.143. The van der Waals surface area contributed by atoms with Crippen molar-refractivity contribution in [3.8, 4) is 0 Å². The summed E-state index contributed by atoms with van der Waals surface area (Å²) in [6, 6.07) is 0. The first-order valence-corrected chi connectivity index (χ1v) is 3.63. The lowest BCUT2D eigenvalue weighted by Crippen LogP contribution is -2.10. The molecule has 0 saturated heterocycles. The SMILES string of the molecule is C=C(c1cnc[nH]c1=S)C(F)(F)F. The molecular weight excluding hydrogens is 201 g/mol. The van der Waals surface area contributed by atoms with Crippen molar-refractivity contribution in [3.63, 3.8) is 0 Å². The lowest BCUT2D eigenvalue weighted by atomic mass is 10.1. The number of aromatic nitrogens is 2. The van der Waals surface area contributed by atoms with Crippen LogP contribution in [0.15, 0.2) is 19.1 Å². The van der Waals surface area contributed by atoms with Gasteiger partial charge >= 0.3 is 6.18 Å². The molecule has 0 atom stereocenters. The number of alkyl halides is 3. The highest BCUT2D eigenvalue weighted by Crippen LogP contribution is 2.31. The molecule has 2 nitrogen and oxygen atoms in total. The van der Waals surface area contributed by atoms with Gasteiger partial charge in [0.25, 0.3) is 0 Å². The van der Waals surface area contributed by atoms with Gasteiger partial charge in [0.15, 0.2) is 0 Å². The molecule has 0 amide bonds.